The summed E-state index contributed by atoms with van der Waals surface area (Å²) in [7, 11) is 0. The second-order valence-electron chi connectivity index (χ2n) is 6.10. The van der Waals surface area contributed by atoms with E-state index in [0.29, 0.717) is 6.04 Å². The van der Waals surface area contributed by atoms with E-state index in [0.717, 1.165) is 18.0 Å². The first kappa shape index (κ1) is 15.2. The molecule has 1 N–H and O–H groups in total. The summed E-state index contributed by atoms with van der Waals surface area (Å²) in [6.45, 7) is 5.79. The van der Waals surface area contributed by atoms with Gasteiger partial charge in [-0.2, -0.15) is 11.8 Å². The van der Waals surface area contributed by atoms with E-state index in [-0.39, 0.29) is 5.41 Å². The Labute approximate surface area is 126 Å². The summed E-state index contributed by atoms with van der Waals surface area (Å²) in [6.07, 6.45) is 5.86. The van der Waals surface area contributed by atoms with Crippen LogP contribution < -0.4 is 5.32 Å². The van der Waals surface area contributed by atoms with E-state index >= 15 is 0 Å². The van der Waals surface area contributed by atoms with Gasteiger partial charge in [-0.15, -0.1) is 0 Å². The molecule has 1 aliphatic rings. The van der Waals surface area contributed by atoms with Crippen molar-refractivity contribution in [2.75, 3.05) is 18.6 Å². The van der Waals surface area contributed by atoms with Crippen LogP contribution in [-0.2, 0) is 6.42 Å². The SMILES string of the molecule is CSCCCCNC1c2cc(Cl)ccc2CC1(C)C. The van der Waals surface area contributed by atoms with E-state index in [1.54, 1.807) is 0 Å². The van der Waals surface area contributed by atoms with Crippen molar-refractivity contribution in [1.82, 2.24) is 5.32 Å². The molecule has 1 atom stereocenters. The van der Waals surface area contributed by atoms with Crippen LogP contribution in [0.15, 0.2) is 18.2 Å². The first-order valence-electron chi connectivity index (χ1n) is 7.05. The van der Waals surface area contributed by atoms with E-state index in [4.69, 9.17) is 11.6 Å². The summed E-state index contributed by atoms with van der Waals surface area (Å²) in [5.41, 5.74) is 3.14. The van der Waals surface area contributed by atoms with E-state index in [1.807, 2.05) is 17.8 Å². The van der Waals surface area contributed by atoms with Crippen LogP contribution >= 0.6 is 23.4 Å². The van der Waals surface area contributed by atoms with Gasteiger partial charge < -0.3 is 5.32 Å². The molecule has 0 amide bonds. The first-order chi connectivity index (χ1) is 9.04. The molecule has 0 fully saturated rings. The fourth-order valence-corrected chi connectivity index (χ4v) is 3.69. The molecule has 1 aromatic carbocycles. The lowest BCUT2D eigenvalue weighted by atomic mass is 9.85. The summed E-state index contributed by atoms with van der Waals surface area (Å²) in [5, 5.41) is 4.60. The summed E-state index contributed by atoms with van der Waals surface area (Å²) < 4.78 is 0. The molecule has 0 aromatic heterocycles. The molecule has 0 spiro atoms. The van der Waals surface area contributed by atoms with Crippen LogP contribution in [-0.4, -0.2) is 18.6 Å². The Kier molecular flexibility index (Phi) is 5.22. The Balaban J connectivity index is 2.00. The van der Waals surface area contributed by atoms with Crippen LogP contribution in [0.25, 0.3) is 0 Å². The van der Waals surface area contributed by atoms with Gasteiger partial charge in [-0.05, 0) is 66.5 Å². The molecule has 0 saturated carbocycles. The van der Waals surface area contributed by atoms with Gasteiger partial charge in [-0.3, -0.25) is 0 Å². The van der Waals surface area contributed by atoms with Crippen LogP contribution in [0.3, 0.4) is 0 Å². The van der Waals surface area contributed by atoms with Crippen molar-refractivity contribution < 1.29 is 0 Å². The van der Waals surface area contributed by atoms with Gasteiger partial charge in [-0.25, -0.2) is 0 Å². The summed E-state index contributed by atoms with van der Waals surface area (Å²) in [6, 6.07) is 6.78. The average Bonchev–Trinajstić information content (AvgIpc) is 2.60. The average molecular weight is 298 g/mol. The van der Waals surface area contributed by atoms with Crippen LogP contribution in [0.1, 0.15) is 43.9 Å². The maximum Gasteiger partial charge on any atom is 0.0409 e. The van der Waals surface area contributed by atoms with Crippen LogP contribution in [0.2, 0.25) is 5.02 Å². The van der Waals surface area contributed by atoms with Gasteiger partial charge in [0.15, 0.2) is 0 Å². The van der Waals surface area contributed by atoms with Crippen molar-refractivity contribution in [3.8, 4) is 0 Å². The minimum atomic E-state index is 0.284. The quantitative estimate of drug-likeness (QED) is 0.764. The van der Waals surface area contributed by atoms with E-state index < -0.39 is 0 Å². The van der Waals surface area contributed by atoms with Crippen molar-refractivity contribution in [3.05, 3.63) is 34.3 Å². The van der Waals surface area contributed by atoms with Crippen molar-refractivity contribution in [2.24, 2.45) is 5.41 Å². The van der Waals surface area contributed by atoms with E-state index in [2.05, 4.69) is 37.6 Å². The van der Waals surface area contributed by atoms with Gasteiger partial charge in [0.2, 0.25) is 0 Å². The Hall–Kier alpha value is -0.180. The molecule has 1 aliphatic carbocycles. The zero-order valence-electron chi connectivity index (χ0n) is 12.1. The predicted molar refractivity (Wildman–Crippen MR) is 87.3 cm³/mol. The molecule has 1 aromatic rings. The van der Waals surface area contributed by atoms with Crippen molar-refractivity contribution in [2.45, 2.75) is 39.2 Å². The van der Waals surface area contributed by atoms with Crippen LogP contribution in [0.5, 0.6) is 0 Å². The number of fused-ring (bicyclic) bond motifs is 1. The number of nitrogens with one attached hydrogen (secondary N) is 1. The second kappa shape index (κ2) is 6.51. The molecule has 0 radical (unpaired) electrons. The summed E-state index contributed by atoms with van der Waals surface area (Å²) >= 11 is 8.08. The van der Waals surface area contributed by atoms with Gasteiger partial charge in [0, 0.05) is 11.1 Å². The van der Waals surface area contributed by atoms with Gasteiger partial charge in [0.05, 0.1) is 0 Å². The molecule has 19 heavy (non-hydrogen) atoms. The molecule has 0 saturated heterocycles. The molecule has 3 heteroatoms. The monoisotopic (exact) mass is 297 g/mol. The Morgan fingerprint density at radius 3 is 2.89 bits per heavy atom. The maximum atomic E-state index is 6.15. The van der Waals surface area contributed by atoms with Crippen LogP contribution in [0.4, 0.5) is 0 Å². The number of hydrogen-bond acceptors (Lipinski definition) is 2. The van der Waals surface area contributed by atoms with Crippen LogP contribution in [0, 0.1) is 5.41 Å². The van der Waals surface area contributed by atoms with Crippen molar-refractivity contribution in [1.29, 1.82) is 0 Å². The lowest BCUT2D eigenvalue weighted by Crippen LogP contribution is -2.31. The number of rotatable bonds is 6. The minimum Gasteiger partial charge on any atom is -0.309 e. The maximum absolute atomic E-state index is 6.15. The standard InChI is InChI=1S/C16H24ClNS/c1-16(2)11-12-6-7-13(17)10-14(12)15(16)18-8-4-5-9-19-3/h6-7,10,15,18H,4-5,8-9,11H2,1-3H3. The van der Waals surface area contributed by atoms with Crippen molar-refractivity contribution >= 4 is 23.4 Å². The zero-order chi connectivity index (χ0) is 13.9. The van der Waals surface area contributed by atoms with Crippen molar-refractivity contribution in [3.63, 3.8) is 0 Å². The number of thioether (sulfide) groups is 1. The fraction of sp³-hybridized carbons (Fsp3) is 0.625. The first-order valence-corrected chi connectivity index (χ1v) is 8.82. The lowest BCUT2D eigenvalue weighted by Gasteiger charge is -2.28. The Bertz CT molecular complexity index is 431. The molecule has 0 bridgehead atoms. The topological polar surface area (TPSA) is 12.0 Å². The Morgan fingerprint density at radius 2 is 2.16 bits per heavy atom. The summed E-state index contributed by atoms with van der Waals surface area (Å²) in [4.78, 5) is 0. The number of hydrogen-bond donors (Lipinski definition) is 1. The lowest BCUT2D eigenvalue weighted by molar-refractivity contribution is 0.269. The Morgan fingerprint density at radius 1 is 1.37 bits per heavy atom. The number of halogens is 1. The molecular weight excluding hydrogens is 274 g/mol. The molecular formula is C16H24ClNS. The van der Waals surface area contributed by atoms with Gasteiger partial charge >= 0.3 is 0 Å². The zero-order valence-corrected chi connectivity index (χ0v) is 13.7. The highest BCUT2D eigenvalue weighted by molar-refractivity contribution is 7.98. The molecule has 2 rings (SSSR count). The van der Waals surface area contributed by atoms with Gasteiger partial charge in [0.25, 0.3) is 0 Å². The second-order valence-corrected chi connectivity index (χ2v) is 7.52. The number of unbranched alkanes of at least 4 members (excludes halogenated alkanes) is 1. The fourth-order valence-electron chi connectivity index (χ4n) is 3.01. The smallest absolute Gasteiger partial charge is 0.0409 e. The third-order valence-electron chi connectivity index (χ3n) is 3.97. The molecule has 106 valence electrons. The third kappa shape index (κ3) is 3.68. The van der Waals surface area contributed by atoms with E-state index in [1.165, 1.54) is 29.7 Å². The third-order valence-corrected chi connectivity index (χ3v) is 4.90. The largest absolute Gasteiger partial charge is 0.309 e. The predicted octanol–water partition coefficient (Wildman–Crippen LogP) is 4.70. The summed E-state index contributed by atoms with van der Waals surface area (Å²) in [5.74, 6) is 1.26. The molecule has 1 unspecified atom stereocenters. The minimum absolute atomic E-state index is 0.284. The highest BCUT2D eigenvalue weighted by atomic mass is 35.5. The highest BCUT2D eigenvalue weighted by Crippen LogP contribution is 2.45. The van der Waals surface area contributed by atoms with Gasteiger partial charge in [0.1, 0.15) is 0 Å². The molecule has 1 nitrogen and oxygen atoms in total. The normalized spacial score (nSPS) is 20.5. The van der Waals surface area contributed by atoms with Gasteiger partial charge in [-0.1, -0.05) is 31.5 Å². The number of benzene rings is 1. The van der Waals surface area contributed by atoms with E-state index in [9.17, 15) is 0 Å². The molecule has 0 aliphatic heterocycles. The molecule has 0 heterocycles. The highest BCUT2D eigenvalue weighted by Gasteiger charge is 2.38.